The molecule has 1 aliphatic rings. The van der Waals surface area contributed by atoms with Crippen molar-refractivity contribution in [2.24, 2.45) is 0 Å². The van der Waals surface area contributed by atoms with Gasteiger partial charge in [0.25, 0.3) is 0 Å². The summed E-state index contributed by atoms with van der Waals surface area (Å²) < 4.78 is 4.52. The third-order valence-corrected chi connectivity index (χ3v) is 3.51. The molecule has 80 valence electrons. The Labute approximate surface area is 87.8 Å². The predicted molar refractivity (Wildman–Crippen MR) is 55.1 cm³/mol. The van der Waals surface area contributed by atoms with Crippen molar-refractivity contribution in [3.63, 3.8) is 0 Å². The first-order valence-corrected chi connectivity index (χ1v) is 5.70. The second kappa shape index (κ2) is 5.24. The van der Waals surface area contributed by atoms with Crippen molar-refractivity contribution in [1.82, 2.24) is 5.32 Å². The van der Waals surface area contributed by atoms with E-state index in [1.807, 2.05) is 0 Å². The molecular weight excluding hydrogens is 202 g/mol. The molecule has 1 rings (SSSR count). The Morgan fingerprint density at radius 1 is 1.57 bits per heavy atom. The average molecular weight is 217 g/mol. The van der Waals surface area contributed by atoms with E-state index >= 15 is 0 Å². The van der Waals surface area contributed by atoms with Gasteiger partial charge in [-0.2, -0.15) is 0 Å². The highest BCUT2D eigenvalue weighted by Gasteiger charge is 2.26. The summed E-state index contributed by atoms with van der Waals surface area (Å²) in [5.41, 5.74) is 0. The highest BCUT2D eigenvalue weighted by atomic mass is 32.2. The molecule has 2 unspecified atom stereocenters. The number of esters is 1. The molecule has 0 spiro atoms. The van der Waals surface area contributed by atoms with Gasteiger partial charge in [0.15, 0.2) is 0 Å². The van der Waals surface area contributed by atoms with E-state index in [4.69, 9.17) is 0 Å². The maximum Gasteiger partial charge on any atom is 0.328 e. The molecule has 1 aliphatic heterocycles. The number of thioether (sulfide) groups is 1. The first-order chi connectivity index (χ1) is 6.65. The molecule has 0 radical (unpaired) electrons. The predicted octanol–water partition coefficient (Wildman–Crippen LogP) is 0.560. The van der Waals surface area contributed by atoms with E-state index in [2.05, 4.69) is 10.1 Å². The van der Waals surface area contributed by atoms with Crippen molar-refractivity contribution in [3.05, 3.63) is 0 Å². The minimum absolute atomic E-state index is 0.0158. The molecule has 1 N–H and O–H groups in total. The third kappa shape index (κ3) is 2.90. The van der Waals surface area contributed by atoms with Gasteiger partial charge in [0, 0.05) is 0 Å². The van der Waals surface area contributed by atoms with Crippen LogP contribution >= 0.6 is 11.8 Å². The molecular formula is C9H15NO3S. The number of carbonyl (C=O) groups excluding carboxylic acids is 2. The number of amides is 1. The first kappa shape index (κ1) is 11.4. The lowest BCUT2D eigenvalue weighted by molar-refractivity contribution is -0.144. The molecule has 1 fully saturated rings. The molecule has 0 aromatic carbocycles. The SMILES string of the molecule is COC(=O)C(C)NC(=O)C1CCCS1. The Balaban J connectivity index is 2.35. The van der Waals surface area contributed by atoms with E-state index in [9.17, 15) is 9.59 Å². The molecule has 1 amide bonds. The number of hydrogen-bond donors (Lipinski definition) is 1. The molecule has 4 nitrogen and oxygen atoms in total. The largest absolute Gasteiger partial charge is 0.467 e. The Kier molecular flexibility index (Phi) is 4.25. The Morgan fingerprint density at radius 2 is 2.29 bits per heavy atom. The van der Waals surface area contributed by atoms with Crippen LogP contribution < -0.4 is 5.32 Å². The van der Waals surface area contributed by atoms with E-state index in [1.54, 1.807) is 18.7 Å². The molecule has 5 heteroatoms. The summed E-state index contributed by atoms with van der Waals surface area (Å²) in [7, 11) is 1.31. The van der Waals surface area contributed by atoms with Gasteiger partial charge in [-0.15, -0.1) is 11.8 Å². The van der Waals surface area contributed by atoms with Gasteiger partial charge >= 0.3 is 5.97 Å². The van der Waals surface area contributed by atoms with Crippen LogP contribution in [0, 0.1) is 0 Å². The fraction of sp³-hybridized carbons (Fsp3) is 0.778. The number of rotatable bonds is 3. The van der Waals surface area contributed by atoms with Crippen LogP contribution in [0.3, 0.4) is 0 Å². The van der Waals surface area contributed by atoms with E-state index in [-0.39, 0.29) is 11.2 Å². The summed E-state index contributed by atoms with van der Waals surface area (Å²) in [6.07, 6.45) is 1.99. The molecule has 14 heavy (non-hydrogen) atoms. The monoisotopic (exact) mass is 217 g/mol. The van der Waals surface area contributed by atoms with Crippen LogP contribution in [0.5, 0.6) is 0 Å². The smallest absolute Gasteiger partial charge is 0.328 e. The zero-order valence-electron chi connectivity index (χ0n) is 8.41. The van der Waals surface area contributed by atoms with Gasteiger partial charge in [0.05, 0.1) is 12.4 Å². The number of methoxy groups -OCH3 is 1. The second-order valence-electron chi connectivity index (χ2n) is 3.26. The summed E-state index contributed by atoms with van der Waals surface area (Å²) in [5.74, 6) is 0.580. The lowest BCUT2D eigenvalue weighted by atomic mass is 10.2. The molecule has 0 aromatic rings. The summed E-state index contributed by atoms with van der Waals surface area (Å²) in [6.45, 7) is 1.63. The van der Waals surface area contributed by atoms with Crippen molar-refractivity contribution in [2.45, 2.75) is 31.1 Å². The molecule has 0 aromatic heterocycles. The van der Waals surface area contributed by atoms with Crippen LogP contribution in [0.25, 0.3) is 0 Å². The van der Waals surface area contributed by atoms with Gasteiger partial charge < -0.3 is 10.1 Å². The standard InChI is InChI=1S/C9H15NO3S/c1-6(9(12)13-2)10-8(11)7-4-3-5-14-7/h6-7H,3-5H2,1-2H3,(H,10,11). The Bertz CT molecular complexity index is 226. The van der Waals surface area contributed by atoms with Gasteiger partial charge in [-0.1, -0.05) is 0 Å². The lowest BCUT2D eigenvalue weighted by Gasteiger charge is -2.14. The summed E-state index contributed by atoms with van der Waals surface area (Å²) in [5, 5.41) is 2.65. The minimum Gasteiger partial charge on any atom is -0.467 e. The summed E-state index contributed by atoms with van der Waals surface area (Å²) >= 11 is 1.65. The number of nitrogens with one attached hydrogen (secondary N) is 1. The highest BCUT2D eigenvalue weighted by molar-refractivity contribution is 8.00. The van der Waals surface area contributed by atoms with E-state index in [0.29, 0.717) is 0 Å². The van der Waals surface area contributed by atoms with Crippen molar-refractivity contribution in [3.8, 4) is 0 Å². The van der Waals surface area contributed by atoms with Crippen LogP contribution in [-0.2, 0) is 14.3 Å². The van der Waals surface area contributed by atoms with Gasteiger partial charge in [0.1, 0.15) is 6.04 Å². The number of hydrogen-bond acceptors (Lipinski definition) is 4. The summed E-state index contributed by atoms with van der Waals surface area (Å²) in [6, 6.07) is -0.548. The number of ether oxygens (including phenoxy) is 1. The van der Waals surface area contributed by atoms with E-state index in [0.717, 1.165) is 18.6 Å². The van der Waals surface area contributed by atoms with Gasteiger partial charge in [-0.05, 0) is 25.5 Å². The van der Waals surface area contributed by atoms with Crippen molar-refractivity contribution < 1.29 is 14.3 Å². The van der Waals surface area contributed by atoms with Crippen LogP contribution in [-0.4, -0.2) is 36.0 Å². The normalized spacial score (nSPS) is 22.9. The first-order valence-electron chi connectivity index (χ1n) is 4.65. The fourth-order valence-corrected chi connectivity index (χ4v) is 2.50. The van der Waals surface area contributed by atoms with Crippen LogP contribution in [0.1, 0.15) is 19.8 Å². The molecule has 1 saturated heterocycles. The minimum atomic E-state index is -0.548. The third-order valence-electron chi connectivity index (χ3n) is 2.14. The maximum atomic E-state index is 11.5. The second-order valence-corrected chi connectivity index (χ2v) is 4.57. The molecule has 0 aliphatic carbocycles. The number of carbonyl (C=O) groups is 2. The maximum absolute atomic E-state index is 11.5. The summed E-state index contributed by atoms with van der Waals surface area (Å²) in [4.78, 5) is 22.6. The zero-order valence-corrected chi connectivity index (χ0v) is 9.23. The van der Waals surface area contributed by atoms with E-state index in [1.165, 1.54) is 7.11 Å². The van der Waals surface area contributed by atoms with Gasteiger partial charge in [-0.3, -0.25) is 4.79 Å². The average Bonchev–Trinajstić information content (AvgIpc) is 2.69. The topological polar surface area (TPSA) is 55.4 Å². The van der Waals surface area contributed by atoms with Crippen molar-refractivity contribution >= 4 is 23.6 Å². The van der Waals surface area contributed by atoms with Gasteiger partial charge in [-0.25, -0.2) is 4.79 Å². The lowest BCUT2D eigenvalue weighted by Crippen LogP contribution is -2.42. The molecule has 0 bridgehead atoms. The fourth-order valence-electron chi connectivity index (χ4n) is 1.33. The Morgan fingerprint density at radius 3 is 2.79 bits per heavy atom. The highest BCUT2D eigenvalue weighted by Crippen LogP contribution is 2.26. The van der Waals surface area contributed by atoms with Crippen LogP contribution in [0.15, 0.2) is 0 Å². The van der Waals surface area contributed by atoms with E-state index < -0.39 is 12.0 Å². The van der Waals surface area contributed by atoms with Gasteiger partial charge in [0.2, 0.25) is 5.91 Å². The molecule has 2 atom stereocenters. The van der Waals surface area contributed by atoms with Crippen LogP contribution in [0.2, 0.25) is 0 Å². The van der Waals surface area contributed by atoms with Crippen molar-refractivity contribution in [2.75, 3.05) is 12.9 Å². The zero-order chi connectivity index (χ0) is 10.6. The quantitative estimate of drug-likeness (QED) is 0.702. The molecule has 0 saturated carbocycles. The molecule has 1 heterocycles. The Hall–Kier alpha value is -0.710. The van der Waals surface area contributed by atoms with Crippen LogP contribution in [0.4, 0.5) is 0 Å². The van der Waals surface area contributed by atoms with Crippen molar-refractivity contribution in [1.29, 1.82) is 0 Å².